The van der Waals surface area contributed by atoms with E-state index in [0.29, 0.717) is 13.1 Å². The lowest BCUT2D eigenvalue weighted by Crippen LogP contribution is -2.14. The van der Waals surface area contributed by atoms with Crippen LogP contribution in [0.1, 0.15) is 17.1 Å². The number of imidazole rings is 1. The van der Waals surface area contributed by atoms with Crippen LogP contribution in [0.5, 0.6) is 0 Å². The number of nitrogens with one attached hydrogen (secondary N) is 1. The molecule has 3 aromatic heterocycles. The fraction of sp³-hybridized carbons (Fsp3) is 0.250. The topological polar surface area (TPSA) is 68.2 Å². The van der Waals surface area contributed by atoms with Crippen molar-refractivity contribution in [1.82, 2.24) is 24.8 Å². The number of hydrogen-bond acceptors (Lipinski definition) is 5. The summed E-state index contributed by atoms with van der Waals surface area (Å²) in [5.74, 6) is 0.821. The van der Waals surface area contributed by atoms with Crippen LogP contribution in [0.4, 0.5) is 0 Å². The predicted octanol–water partition coefficient (Wildman–Crippen LogP) is 2.08. The van der Waals surface area contributed by atoms with Gasteiger partial charge in [-0.15, -0.1) is 0 Å². The Labute approximate surface area is 118 Å². The third-order valence-electron chi connectivity index (χ3n) is 2.73. The van der Waals surface area contributed by atoms with Crippen LogP contribution in [0.25, 0.3) is 5.65 Å². The van der Waals surface area contributed by atoms with E-state index in [9.17, 15) is 0 Å². The Hall–Kier alpha value is -1.73. The van der Waals surface area contributed by atoms with Crippen LogP contribution in [0.15, 0.2) is 33.8 Å². The van der Waals surface area contributed by atoms with E-state index in [0.717, 1.165) is 27.4 Å². The van der Waals surface area contributed by atoms with Crippen molar-refractivity contribution in [3.8, 4) is 0 Å². The number of aryl methyl sites for hydroxylation is 1. The third-order valence-corrected chi connectivity index (χ3v) is 3.14. The first-order chi connectivity index (χ1) is 9.22. The van der Waals surface area contributed by atoms with E-state index in [1.165, 1.54) is 0 Å². The normalized spacial score (nSPS) is 11.3. The Morgan fingerprint density at radius 1 is 1.32 bits per heavy atom. The van der Waals surface area contributed by atoms with Crippen molar-refractivity contribution in [2.24, 2.45) is 0 Å². The van der Waals surface area contributed by atoms with E-state index in [-0.39, 0.29) is 0 Å². The van der Waals surface area contributed by atoms with Crippen molar-refractivity contribution in [1.29, 1.82) is 0 Å². The highest BCUT2D eigenvalue weighted by Crippen LogP contribution is 2.10. The quantitative estimate of drug-likeness (QED) is 0.796. The summed E-state index contributed by atoms with van der Waals surface area (Å²) < 4.78 is 7.80. The molecule has 3 rings (SSSR count). The second-order valence-corrected chi connectivity index (χ2v) is 5.03. The number of fused-ring (bicyclic) bond motifs is 1. The molecule has 0 amide bonds. The molecule has 0 radical (unpaired) electrons. The Morgan fingerprint density at radius 2 is 2.21 bits per heavy atom. The van der Waals surface area contributed by atoms with Gasteiger partial charge in [-0.05, 0) is 22.9 Å². The fourth-order valence-corrected chi connectivity index (χ4v) is 2.17. The van der Waals surface area contributed by atoms with Crippen molar-refractivity contribution in [2.45, 2.75) is 20.0 Å². The van der Waals surface area contributed by atoms with Gasteiger partial charge in [0.05, 0.1) is 23.8 Å². The molecule has 6 nitrogen and oxygen atoms in total. The summed E-state index contributed by atoms with van der Waals surface area (Å²) in [4.78, 5) is 8.44. The van der Waals surface area contributed by atoms with Crippen molar-refractivity contribution in [3.63, 3.8) is 0 Å². The molecule has 19 heavy (non-hydrogen) atoms. The highest BCUT2D eigenvalue weighted by Gasteiger charge is 2.05. The molecule has 98 valence electrons. The first-order valence-corrected chi connectivity index (χ1v) is 6.62. The summed E-state index contributed by atoms with van der Waals surface area (Å²) in [6.45, 7) is 3.24. The lowest BCUT2D eigenvalue weighted by molar-refractivity contribution is 0.388. The number of halogens is 1. The average Bonchev–Trinajstić information content (AvgIpc) is 2.97. The third kappa shape index (κ3) is 2.66. The van der Waals surface area contributed by atoms with Gasteiger partial charge in [0, 0.05) is 25.4 Å². The van der Waals surface area contributed by atoms with Gasteiger partial charge in [-0.1, -0.05) is 5.16 Å². The van der Waals surface area contributed by atoms with Crippen LogP contribution < -0.4 is 5.32 Å². The van der Waals surface area contributed by atoms with Crippen LogP contribution in [0.3, 0.4) is 0 Å². The molecule has 0 aliphatic rings. The molecule has 0 saturated heterocycles. The lowest BCUT2D eigenvalue weighted by atomic mass is 10.3. The number of aromatic nitrogens is 4. The van der Waals surface area contributed by atoms with Crippen LogP contribution in [-0.2, 0) is 13.1 Å². The summed E-state index contributed by atoms with van der Waals surface area (Å²) in [7, 11) is 0. The summed E-state index contributed by atoms with van der Waals surface area (Å²) in [6.07, 6.45) is 5.47. The van der Waals surface area contributed by atoms with Gasteiger partial charge < -0.3 is 9.84 Å². The number of rotatable bonds is 4. The molecule has 0 spiro atoms. The molecular formula is C12H12BrN5O. The van der Waals surface area contributed by atoms with E-state index >= 15 is 0 Å². The molecule has 0 atom stereocenters. The maximum absolute atomic E-state index is 5.02. The first-order valence-electron chi connectivity index (χ1n) is 5.83. The maximum Gasteiger partial charge on any atom is 0.155 e. The monoisotopic (exact) mass is 321 g/mol. The summed E-state index contributed by atoms with van der Waals surface area (Å²) >= 11 is 3.36. The zero-order valence-electron chi connectivity index (χ0n) is 10.3. The van der Waals surface area contributed by atoms with Gasteiger partial charge in [0.2, 0.25) is 0 Å². The van der Waals surface area contributed by atoms with Gasteiger partial charge in [0.1, 0.15) is 10.4 Å². The van der Waals surface area contributed by atoms with Gasteiger partial charge in [0.25, 0.3) is 0 Å². The molecule has 0 unspecified atom stereocenters. The predicted molar refractivity (Wildman–Crippen MR) is 72.5 cm³/mol. The highest BCUT2D eigenvalue weighted by molar-refractivity contribution is 9.10. The van der Waals surface area contributed by atoms with Crippen LogP contribution in [0, 0.1) is 6.92 Å². The van der Waals surface area contributed by atoms with E-state index in [1.807, 2.05) is 29.8 Å². The van der Waals surface area contributed by atoms with Crippen LogP contribution in [0.2, 0.25) is 0 Å². The van der Waals surface area contributed by atoms with Crippen LogP contribution >= 0.6 is 15.9 Å². The zero-order valence-corrected chi connectivity index (χ0v) is 11.9. The van der Waals surface area contributed by atoms with E-state index in [2.05, 4.69) is 36.4 Å². The molecule has 0 aliphatic heterocycles. The molecule has 0 bridgehead atoms. The molecule has 7 heteroatoms. The molecule has 3 heterocycles. The van der Waals surface area contributed by atoms with Gasteiger partial charge in [-0.2, -0.15) is 0 Å². The van der Waals surface area contributed by atoms with Crippen molar-refractivity contribution in [2.75, 3.05) is 0 Å². The van der Waals surface area contributed by atoms with Gasteiger partial charge in [-0.3, -0.25) is 4.40 Å². The minimum Gasteiger partial charge on any atom is -0.361 e. The average molecular weight is 322 g/mol. The summed E-state index contributed by atoms with van der Waals surface area (Å²) in [6, 6.07) is 1.92. The number of hydrogen-bond donors (Lipinski definition) is 1. The molecule has 0 aromatic carbocycles. The molecular weight excluding hydrogens is 310 g/mol. The Kier molecular flexibility index (Phi) is 3.31. The first kappa shape index (κ1) is 12.3. The van der Waals surface area contributed by atoms with E-state index in [4.69, 9.17) is 4.52 Å². The van der Waals surface area contributed by atoms with E-state index in [1.54, 1.807) is 6.20 Å². The van der Waals surface area contributed by atoms with Crippen LogP contribution in [-0.4, -0.2) is 19.5 Å². The van der Waals surface area contributed by atoms with Crippen molar-refractivity contribution in [3.05, 3.63) is 46.4 Å². The van der Waals surface area contributed by atoms with Crippen molar-refractivity contribution < 1.29 is 4.52 Å². The second kappa shape index (κ2) is 5.10. The fourth-order valence-electron chi connectivity index (χ4n) is 1.87. The molecule has 3 aromatic rings. The molecule has 0 fully saturated rings. The smallest absolute Gasteiger partial charge is 0.155 e. The van der Waals surface area contributed by atoms with Crippen molar-refractivity contribution >= 4 is 21.6 Å². The largest absolute Gasteiger partial charge is 0.361 e. The molecule has 1 N–H and O–H groups in total. The molecule has 0 saturated carbocycles. The van der Waals surface area contributed by atoms with E-state index < -0.39 is 0 Å². The zero-order chi connectivity index (χ0) is 13.2. The van der Waals surface area contributed by atoms with Gasteiger partial charge in [-0.25, -0.2) is 9.97 Å². The molecule has 0 aliphatic carbocycles. The van der Waals surface area contributed by atoms with Gasteiger partial charge in [0.15, 0.2) is 5.65 Å². The summed E-state index contributed by atoms with van der Waals surface area (Å²) in [5.41, 5.74) is 2.80. The SMILES string of the molecule is Cc1cc(CNCc2cnc3cnc(Br)cn23)no1. The number of nitrogens with zero attached hydrogens (tertiary/aromatic N) is 4. The Balaban J connectivity index is 1.70. The highest BCUT2D eigenvalue weighted by atomic mass is 79.9. The van der Waals surface area contributed by atoms with Gasteiger partial charge >= 0.3 is 0 Å². The Bertz CT molecular complexity index is 705. The second-order valence-electron chi connectivity index (χ2n) is 4.22. The standard InChI is InChI=1S/C12H12BrN5O/c1-8-2-9(17-19-8)3-14-4-10-5-16-12-6-15-11(13)7-18(10)12/h2,5-7,14H,3-4H2,1H3. The lowest BCUT2D eigenvalue weighted by Gasteiger charge is -2.03. The minimum atomic E-state index is 0.664. The Morgan fingerprint density at radius 3 is 3.00 bits per heavy atom. The summed E-state index contributed by atoms with van der Waals surface area (Å²) in [5, 5.41) is 7.24. The maximum atomic E-state index is 5.02. The minimum absolute atomic E-state index is 0.664.